The van der Waals surface area contributed by atoms with Crippen LogP contribution in [0.25, 0.3) is 0 Å². The molecule has 1 heterocycles. The second-order valence-electron chi connectivity index (χ2n) is 6.47. The smallest absolute Gasteiger partial charge is 0.311 e. The van der Waals surface area contributed by atoms with Crippen LogP contribution in [-0.4, -0.2) is 25.5 Å². The maximum absolute atomic E-state index is 11.8. The van der Waals surface area contributed by atoms with Crippen molar-refractivity contribution >= 4 is 5.97 Å². The van der Waals surface area contributed by atoms with Crippen molar-refractivity contribution in [3.63, 3.8) is 0 Å². The van der Waals surface area contributed by atoms with E-state index in [4.69, 9.17) is 9.47 Å². The Hall–Kier alpha value is -0.610. The maximum Gasteiger partial charge on any atom is 0.311 e. The summed E-state index contributed by atoms with van der Waals surface area (Å²) in [6, 6.07) is 0. The van der Waals surface area contributed by atoms with E-state index in [9.17, 15) is 4.79 Å². The number of hydrogen-bond acceptors (Lipinski definition) is 4. The number of hydrogen-bond donors (Lipinski definition) is 1. The fourth-order valence-electron chi connectivity index (χ4n) is 2.75. The minimum Gasteiger partial charge on any atom is -0.421 e. The van der Waals surface area contributed by atoms with Crippen LogP contribution in [0.15, 0.2) is 0 Å². The van der Waals surface area contributed by atoms with E-state index in [1.165, 1.54) is 57.8 Å². The highest BCUT2D eigenvalue weighted by molar-refractivity contribution is 5.72. The molecule has 0 saturated carbocycles. The van der Waals surface area contributed by atoms with Crippen LogP contribution in [0.5, 0.6) is 0 Å². The summed E-state index contributed by atoms with van der Waals surface area (Å²) >= 11 is 0. The van der Waals surface area contributed by atoms with Gasteiger partial charge in [-0.25, -0.2) is 0 Å². The number of ether oxygens (including phenoxy) is 2. The molecular formula is C18H35NO3. The Bertz CT molecular complexity index is 278. The molecule has 1 aliphatic heterocycles. The van der Waals surface area contributed by atoms with Crippen LogP contribution in [0.3, 0.4) is 0 Å². The van der Waals surface area contributed by atoms with Crippen LogP contribution < -0.4 is 5.32 Å². The largest absolute Gasteiger partial charge is 0.421 e. The summed E-state index contributed by atoms with van der Waals surface area (Å²) in [6.07, 6.45) is 13.6. The fraction of sp³-hybridized carbons (Fsp3) is 0.944. The van der Waals surface area contributed by atoms with Gasteiger partial charge in [0.05, 0.1) is 12.5 Å². The molecule has 0 aromatic carbocycles. The normalized spacial score (nSPS) is 19.3. The van der Waals surface area contributed by atoms with E-state index in [2.05, 4.69) is 12.2 Å². The number of carbonyl (C=O) groups is 1. The minimum absolute atomic E-state index is 0.0277. The van der Waals surface area contributed by atoms with Crippen LogP contribution in [-0.2, 0) is 14.3 Å². The lowest BCUT2D eigenvalue weighted by molar-refractivity contribution is -0.177. The van der Waals surface area contributed by atoms with Crippen LogP contribution >= 0.6 is 0 Å². The molecule has 1 N–H and O–H groups in total. The average Bonchev–Trinajstić information content (AvgIpc) is 3.01. The molecule has 2 atom stereocenters. The zero-order valence-electron chi connectivity index (χ0n) is 14.6. The molecule has 1 rings (SSSR count). The topological polar surface area (TPSA) is 47.6 Å². The first-order valence-corrected chi connectivity index (χ1v) is 9.29. The van der Waals surface area contributed by atoms with Crippen molar-refractivity contribution in [1.29, 1.82) is 0 Å². The summed E-state index contributed by atoms with van der Waals surface area (Å²) in [4.78, 5) is 11.8. The first-order chi connectivity index (χ1) is 10.7. The Morgan fingerprint density at radius 2 is 1.68 bits per heavy atom. The van der Waals surface area contributed by atoms with Gasteiger partial charge in [-0.05, 0) is 6.42 Å². The van der Waals surface area contributed by atoms with Gasteiger partial charge in [0, 0.05) is 6.54 Å². The van der Waals surface area contributed by atoms with Crippen molar-refractivity contribution in [1.82, 2.24) is 5.32 Å². The van der Waals surface area contributed by atoms with E-state index in [1.807, 2.05) is 6.92 Å². The second-order valence-corrected chi connectivity index (χ2v) is 6.47. The van der Waals surface area contributed by atoms with Gasteiger partial charge in [-0.3, -0.25) is 10.1 Å². The summed E-state index contributed by atoms with van der Waals surface area (Å²) in [5.41, 5.74) is 0. The second kappa shape index (κ2) is 12.9. The predicted molar refractivity (Wildman–Crippen MR) is 89.5 cm³/mol. The lowest BCUT2D eigenvalue weighted by Gasteiger charge is -2.15. The first kappa shape index (κ1) is 19.4. The molecule has 1 saturated heterocycles. The van der Waals surface area contributed by atoms with Crippen LogP contribution in [0.1, 0.15) is 84.5 Å². The molecule has 0 radical (unpaired) electrons. The number of carbonyl (C=O) groups excluding carboxylic acids is 1. The van der Waals surface area contributed by atoms with Gasteiger partial charge in [0.15, 0.2) is 0 Å². The van der Waals surface area contributed by atoms with Crippen molar-refractivity contribution in [2.24, 2.45) is 5.92 Å². The molecule has 1 fully saturated rings. The molecular weight excluding hydrogens is 278 g/mol. The average molecular weight is 313 g/mol. The van der Waals surface area contributed by atoms with Gasteiger partial charge in [-0.2, -0.15) is 0 Å². The minimum atomic E-state index is -0.525. The third kappa shape index (κ3) is 9.42. The van der Waals surface area contributed by atoms with Gasteiger partial charge in [-0.15, -0.1) is 0 Å². The Kier molecular flexibility index (Phi) is 11.4. The van der Waals surface area contributed by atoms with E-state index in [0.717, 1.165) is 19.4 Å². The van der Waals surface area contributed by atoms with Gasteiger partial charge in [-0.1, -0.05) is 78.1 Å². The number of rotatable bonds is 13. The van der Waals surface area contributed by atoms with Crippen LogP contribution in [0, 0.1) is 5.92 Å². The van der Waals surface area contributed by atoms with Gasteiger partial charge >= 0.3 is 5.97 Å². The molecule has 0 spiro atoms. The zero-order valence-corrected chi connectivity index (χ0v) is 14.6. The molecule has 0 aromatic rings. The Balaban J connectivity index is 1.87. The molecule has 0 amide bonds. The molecule has 4 heteroatoms. The highest BCUT2D eigenvalue weighted by Gasteiger charge is 2.22. The van der Waals surface area contributed by atoms with Crippen molar-refractivity contribution < 1.29 is 14.3 Å². The first-order valence-electron chi connectivity index (χ1n) is 9.29. The lowest BCUT2D eigenvalue weighted by atomic mass is 10.0. The fourth-order valence-corrected chi connectivity index (χ4v) is 2.75. The van der Waals surface area contributed by atoms with E-state index >= 15 is 0 Å². The van der Waals surface area contributed by atoms with Crippen molar-refractivity contribution in [2.45, 2.75) is 90.9 Å². The molecule has 4 nitrogen and oxygen atoms in total. The number of unbranched alkanes of at least 4 members (excludes halogenated alkanes) is 9. The maximum atomic E-state index is 11.8. The third-order valence-electron chi connectivity index (χ3n) is 4.30. The Morgan fingerprint density at radius 3 is 2.23 bits per heavy atom. The van der Waals surface area contributed by atoms with Crippen molar-refractivity contribution in [3.8, 4) is 0 Å². The van der Waals surface area contributed by atoms with Gasteiger partial charge < -0.3 is 9.47 Å². The van der Waals surface area contributed by atoms with E-state index in [0.29, 0.717) is 6.61 Å². The van der Waals surface area contributed by atoms with Gasteiger partial charge in [0.2, 0.25) is 0 Å². The predicted octanol–water partition coefficient (Wildman–Crippen LogP) is 4.38. The zero-order chi connectivity index (χ0) is 16.0. The molecule has 1 aliphatic rings. The van der Waals surface area contributed by atoms with E-state index in [-0.39, 0.29) is 11.9 Å². The quantitative estimate of drug-likeness (QED) is 0.405. The summed E-state index contributed by atoms with van der Waals surface area (Å²) in [5.74, 6) is -0.171. The highest BCUT2D eigenvalue weighted by atomic mass is 16.7. The summed E-state index contributed by atoms with van der Waals surface area (Å²) < 4.78 is 10.5. The monoisotopic (exact) mass is 313 g/mol. The van der Waals surface area contributed by atoms with E-state index in [1.54, 1.807) is 0 Å². The molecule has 22 heavy (non-hydrogen) atoms. The van der Waals surface area contributed by atoms with Gasteiger partial charge in [0.1, 0.15) is 0 Å². The molecule has 0 bridgehead atoms. The van der Waals surface area contributed by atoms with Crippen LogP contribution in [0.4, 0.5) is 0 Å². The molecule has 0 aliphatic carbocycles. The molecule has 130 valence electrons. The SMILES string of the molecule is CCCCCCCCCCCCC(C)C(=O)OC1NCCO1. The van der Waals surface area contributed by atoms with Crippen molar-refractivity contribution in [2.75, 3.05) is 13.2 Å². The highest BCUT2D eigenvalue weighted by Crippen LogP contribution is 2.15. The van der Waals surface area contributed by atoms with E-state index < -0.39 is 6.41 Å². The standard InChI is InChI=1S/C18H35NO3/c1-3-4-5-6-7-8-9-10-11-12-13-16(2)17(20)22-18-19-14-15-21-18/h16,18-19H,3-15H2,1-2H3. The number of esters is 1. The van der Waals surface area contributed by atoms with Gasteiger partial charge in [0.25, 0.3) is 6.41 Å². The molecule has 2 unspecified atom stereocenters. The molecule has 0 aromatic heterocycles. The summed E-state index contributed by atoms with van der Waals surface area (Å²) in [6.45, 7) is 5.58. The van der Waals surface area contributed by atoms with Crippen LogP contribution in [0.2, 0.25) is 0 Å². The third-order valence-corrected chi connectivity index (χ3v) is 4.30. The lowest BCUT2D eigenvalue weighted by Crippen LogP contribution is -2.31. The number of nitrogens with one attached hydrogen (secondary N) is 1. The van der Waals surface area contributed by atoms with Crippen molar-refractivity contribution in [3.05, 3.63) is 0 Å². The summed E-state index contributed by atoms with van der Waals surface area (Å²) in [5, 5.41) is 2.99. The Morgan fingerprint density at radius 1 is 1.09 bits per heavy atom. The Labute approximate surface area is 136 Å². The summed E-state index contributed by atoms with van der Waals surface area (Å²) in [7, 11) is 0.